The molecule has 0 bridgehead atoms. The van der Waals surface area contributed by atoms with Crippen molar-refractivity contribution in [3.8, 4) is 23.0 Å². The monoisotopic (exact) mass is 375 g/mol. The zero-order valence-electron chi connectivity index (χ0n) is 15.8. The van der Waals surface area contributed by atoms with E-state index in [1.165, 1.54) is 0 Å². The summed E-state index contributed by atoms with van der Waals surface area (Å²) in [6.07, 6.45) is 0. The minimum Gasteiger partial charge on any atom is -0.493 e. The Kier molecular flexibility index (Phi) is 4.89. The average Bonchev–Trinajstić information content (AvgIpc) is 2.73. The largest absolute Gasteiger partial charge is 0.493 e. The van der Waals surface area contributed by atoms with Gasteiger partial charge in [-0.05, 0) is 31.2 Å². The van der Waals surface area contributed by atoms with Crippen molar-refractivity contribution < 1.29 is 19.0 Å². The van der Waals surface area contributed by atoms with E-state index in [1.54, 1.807) is 19.2 Å². The van der Waals surface area contributed by atoms with Crippen LogP contribution in [0.1, 0.15) is 24.0 Å². The van der Waals surface area contributed by atoms with Crippen molar-refractivity contribution in [2.75, 3.05) is 19.0 Å². The molecule has 0 atom stereocenters. The highest BCUT2D eigenvalue weighted by atomic mass is 16.5. The van der Waals surface area contributed by atoms with Gasteiger partial charge in [-0.15, -0.1) is 0 Å². The predicted molar refractivity (Wildman–Crippen MR) is 108 cm³/mol. The lowest BCUT2D eigenvalue weighted by Crippen LogP contribution is -2.25. The number of benzene rings is 3. The fourth-order valence-corrected chi connectivity index (χ4v) is 3.43. The lowest BCUT2D eigenvalue weighted by atomic mass is 9.87. The Morgan fingerprint density at radius 1 is 0.964 bits per heavy atom. The van der Waals surface area contributed by atoms with Gasteiger partial charge in [0.2, 0.25) is 5.91 Å². The topological polar surface area (TPSA) is 56.8 Å². The highest BCUT2D eigenvalue weighted by Gasteiger charge is 2.32. The number of hydrogen-bond donors (Lipinski definition) is 1. The molecule has 5 heteroatoms. The standard InChI is InChI=1S/C23H21NO4/c1-3-27-20-13-12-15(14-21(20)26-2)24-23(25)22-16-8-4-6-10-18(16)28-19-11-7-5-9-17(19)22/h4-14,22H,3H2,1-2H3,(H,24,25). The first-order valence-electron chi connectivity index (χ1n) is 9.18. The molecule has 142 valence electrons. The molecule has 0 aromatic heterocycles. The first-order chi connectivity index (χ1) is 13.7. The first kappa shape index (κ1) is 17.9. The number of carbonyl (C=O) groups excluding carboxylic acids is 1. The van der Waals surface area contributed by atoms with Crippen LogP contribution in [0.5, 0.6) is 23.0 Å². The summed E-state index contributed by atoms with van der Waals surface area (Å²) < 4.78 is 16.9. The van der Waals surface area contributed by atoms with Gasteiger partial charge in [0.15, 0.2) is 11.5 Å². The number of fused-ring (bicyclic) bond motifs is 2. The van der Waals surface area contributed by atoms with E-state index in [4.69, 9.17) is 14.2 Å². The molecule has 5 nitrogen and oxygen atoms in total. The fourth-order valence-electron chi connectivity index (χ4n) is 3.43. The van der Waals surface area contributed by atoms with Gasteiger partial charge in [-0.3, -0.25) is 4.79 Å². The average molecular weight is 375 g/mol. The van der Waals surface area contributed by atoms with Crippen LogP contribution in [0.15, 0.2) is 66.7 Å². The third-order valence-electron chi connectivity index (χ3n) is 4.67. The van der Waals surface area contributed by atoms with Crippen LogP contribution in [0.3, 0.4) is 0 Å². The number of hydrogen-bond acceptors (Lipinski definition) is 4. The maximum Gasteiger partial charge on any atom is 0.236 e. The molecule has 3 aromatic carbocycles. The number of rotatable bonds is 5. The van der Waals surface area contributed by atoms with Gasteiger partial charge in [0.25, 0.3) is 0 Å². The lowest BCUT2D eigenvalue weighted by Gasteiger charge is -2.27. The van der Waals surface area contributed by atoms with Crippen LogP contribution in [-0.2, 0) is 4.79 Å². The van der Waals surface area contributed by atoms with Gasteiger partial charge >= 0.3 is 0 Å². The molecule has 0 fully saturated rings. The molecular formula is C23H21NO4. The number of amides is 1. The van der Waals surface area contributed by atoms with E-state index in [2.05, 4.69) is 5.32 Å². The van der Waals surface area contributed by atoms with Gasteiger partial charge in [0, 0.05) is 22.9 Å². The SMILES string of the molecule is CCOc1ccc(NC(=O)C2c3ccccc3Oc3ccccc32)cc1OC. The quantitative estimate of drug-likeness (QED) is 0.684. The van der Waals surface area contributed by atoms with Crippen LogP contribution >= 0.6 is 0 Å². The van der Waals surface area contributed by atoms with Crippen LogP contribution in [0.4, 0.5) is 5.69 Å². The maximum atomic E-state index is 13.3. The Labute approximate surface area is 163 Å². The second kappa shape index (κ2) is 7.64. The molecular weight excluding hydrogens is 354 g/mol. The van der Waals surface area contributed by atoms with Crippen LogP contribution in [0, 0.1) is 0 Å². The van der Waals surface area contributed by atoms with Crippen molar-refractivity contribution in [1.29, 1.82) is 0 Å². The van der Waals surface area contributed by atoms with Crippen LogP contribution in [-0.4, -0.2) is 19.6 Å². The van der Waals surface area contributed by atoms with E-state index in [1.807, 2.05) is 61.5 Å². The normalized spacial score (nSPS) is 12.4. The Morgan fingerprint density at radius 3 is 2.21 bits per heavy atom. The zero-order chi connectivity index (χ0) is 19.5. The van der Waals surface area contributed by atoms with Crippen LogP contribution in [0.25, 0.3) is 0 Å². The molecule has 0 spiro atoms. The zero-order valence-corrected chi connectivity index (χ0v) is 15.8. The smallest absolute Gasteiger partial charge is 0.236 e. The van der Waals surface area contributed by atoms with Crippen molar-refractivity contribution in [3.63, 3.8) is 0 Å². The van der Waals surface area contributed by atoms with Crippen molar-refractivity contribution >= 4 is 11.6 Å². The number of carbonyl (C=O) groups is 1. The molecule has 4 rings (SSSR count). The molecule has 0 aliphatic carbocycles. The van der Waals surface area contributed by atoms with Gasteiger partial charge in [0.1, 0.15) is 11.5 Å². The minimum absolute atomic E-state index is 0.130. The molecule has 1 N–H and O–H groups in total. The molecule has 0 radical (unpaired) electrons. The highest BCUT2D eigenvalue weighted by molar-refractivity contribution is 5.99. The van der Waals surface area contributed by atoms with Crippen molar-refractivity contribution in [2.45, 2.75) is 12.8 Å². The van der Waals surface area contributed by atoms with Crippen LogP contribution in [0.2, 0.25) is 0 Å². The van der Waals surface area contributed by atoms with Crippen molar-refractivity contribution in [2.24, 2.45) is 0 Å². The third kappa shape index (κ3) is 3.27. The summed E-state index contributed by atoms with van der Waals surface area (Å²) in [4.78, 5) is 13.3. The Balaban J connectivity index is 1.67. The number of methoxy groups -OCH3 is 1. The molecule has 28 heavy (non-hydrogen) atoms. The van der Waals surface area contributed by atoms with E-state index in [-0.39, 0.29) is 5.91 Å². The Morgan fingerprint density at radius 2 is 1.61 bits per heavy atom. The molecule has 0 saturated carbocycles. The molecule has 1 heterocycles. The summed E-state index contributed by atoms with van der Waals surface area (Å²) in [5.41, 5.74) is 2.33. The molecule has 1 aliphatic heterocycles. The second-order valence-electron chi connectivity index (χ2n) is 6.40. The highest BCUT2D eigenvalue weighted by Crippen LogP contribution is 2.44. The van der Waals surface area contributed by atoms with E-state index in [0.29, 0.717) is 35.3 Å². The Bertz CT molecular complexity index is 969. The van der Waals surface area contributed by atoms with Crippen molar-refractivity contribution in [3.05, 3.63) is 77.9 Å². The second-order valence-corrected chi connectivity index (χ2v) is 6.40. The van der Waals surface area contributed by atoms with E-state index < -0.39 is 5.92 Å². The maximum absolute atomic E-state index is 13.3. The van der Waals surface area contributed by atoms with Gasteiger partial charge in [-0.1, -0.05) is 36.4 Å². The van der Waals surface area contributed by atoms with Crippen molar-refractivity contribution in [1.82, 2.24) is 0 Å². The minimum atomic E-state index is -0.460. The van der Waals surface area contributed by atoms with Gasteiger partial charge < -0.3 is 19.5 Å². The van der Waals surface area contributed by atoms with Crippen LogP contribution < -0.4 is 19.5 Å². The van der Waals surface area contributed by atoms with Gasteiger partial charge in [-0.25, -0.2) is 0 Å². The summed E-state index contributed by atoms with van der Waals surface area (Å²) in [7, 11) is 1.58. The van der Waals surface area contributed by atoms with E-state index >= 15 is 0 Å². The molecule has 0 unspecified atom stereocenters. The lowest BCUT2D eigenvalue weighted by molar-refractivity contribution is -0.116. The molecule has 1 amide bonds. The van der Waals surface area contributed by atoms with E-state index in [9.17, 15) is 4.79 Å². The number of nitrogens with one attached hydrogen (secondary N) is 1. The summed E-state index contributed by atoms with van der Waals surface area (Å²) in [5, 5.41) is 3.01. The number of para-hydroxylation sites is 2. The first-order valence-corrected chi connectivity index (χ1v) is 9.18. The summed E-state index contributed by atoms with van der Waals surface area (Å²) in [5.74, 6) is 2.03. The molecule has 3 aromatic rings. The fraction of sp³-hybridized carbons (Fsp3) is 0.174. The van der Waals surface area contributed by atoms with Gasteiger partial charge in [0.05, 0.1) is 19.6 Å². The molecule has 0 saturated heterocycles. The molecule has 1 aliphatic rings. The number of ether oxygens (including phenoxy) is 3. The summed E-state index contributed by atoms with van der Waals surface area (Å²) in [6, 6.07) is 20.6. The summed E-state index contributed by atoms with van der Waals surface area (Å²) >= 11 is 0. The number of anilines is 1. The third-order valence-corrected chi connectivity index (χ3v) is 4.67. The van der Waals surface area contributed by atoms with Gasteiger partial charge in [-0.2, -0.15) is 0 Å². The summed E-state index contributed by atoms with van der Waals surface area (Å²) in [6.45, 7) is 2.45. The van der Waals surface area contributed by atoms with E-state index in [0.717, 1.165) is 11.1 Å². The predicted octanol–water partition coefficient (Wildman–Crippen LogP) is 4.97. The Hall–Kier alpha value is -3.47.